The number of aromatic nitrogens is 3. The predicted molar refractivity (Wildman–Crippen MR) is 81.9 cm³/mol. The molecule has 0 saturated carbocycles. The summed E-state index contributed by atoms with van der Waals surface area (Å²) in [5, 5.41) is 7.19. The zero-order valence-corrected chi connectivity index (χ0v) is 13.2. The molecular weight excluding hydrogens is 307 g/mol. The van der Waals surface area contributed by atoms with Gasteiger partial charge in [0.1, 0.15) is 18.5 Å². The second kappa shape index (κ2) is 7.35. The molecule has 0 saturated heterocycles. The van der Waals surface area contributed by atoms with Crippen molar-refractivity contribution in [3.63, 3.8) is 0 Å². The molecule has 118 valence electrons. The molecule has 0 unspecified atom stereocenters. The summed E-state index contributed by atoms with van der Waals surface area (Å²) in [6, 6.07) is 4.26. The van der Waals surface area contributed by atoms with E-state index in [0.29, 0.717) is 6.54 Å². The molecule has 1 atom stereocenters. The van der Waals surface area contributed by atoms with Gasteiger partial charge in [0.2, 0.25) is 5.91 Å². The van der Waals surface area contributed by atoms with Gasteiger partial charge in [-0.25, -0.2) is 9.37 Å². The fraction of sp³-hybridized carbons (Fsp3) is 0.400. The molecule has 1 heterocycles. The zero-order valence-electron chi connectivity index (χ0n) is 12.5. The number of benzene rings is 1. The molecule has 1 amide bonds. The van der Waals surface area contributed by atoms with E-state index in [1.54, 1.807) is 17.1 Å². The molecule has 22 heavy (non-hydrogen) atoms. The molecule has 0 aliphatic rings. The molecule has 7 heteroatoms. The van der Waals surface area contributed by atoms with E-state index in [-0.39, 0.29) is 34.9 Å². The van der Waals surface area contributed by atoms with Gasteiger partial charge in [0.15, 0.2) is 0 Å². The smallest absolute Gasteiger partial charge is 0.224 e. The minimum absolute atomic E-state index is 0.0912. The van der Waals surface area contributed by atoms with E-state index in [1.807, 2.05) is 13.8 Å². The van der Waals surface area contributed by atoms with Crippen LogP contribution in [0.1, 0.15) is 19.4 Å². The first-order chi connectivity index (χ1) is 10.5. The summed E-state index contributed by atoms with van der Waals surface area (Å²) in [5.74, 6) is -0.546. The Balaban J connectivity index is 2.02. The molecule has 0 spiro atoms. The number of carbonyl (C=O) groups is 1. The number of hydrogen-bond acceptors (Lipinski definition) is 3. The quantitative estimate of drug-likeness (QED) is 0.888. The Morgan fingerprint density at radius 2 is 2.23 bits per heavy atom. The Bertz CT molecular complexity index is 610. The summed E-state index contributed by atoms with van der Waals surface area (Å²) in [6.45, 7) is 4.50. The van der Waals surface area contributed by atoms with Crippen LogP contribution in [0, 0.1) is 11.7 Å². The maximum absolute atomic E-state index is 13.7. The van der Waals surface area contributed by atoms with Crippen LogP contribution in [0.4, 0.5) is 4.39 Å². The standard InChI is InChI=1S/C15H18ClFN4O/c1-10(2)14(7-21-9-18-8-19-21)20-15(22)6-11-12(16)4-3-5-13(11)17/h3-5,8-10,14H,6-7H2,1-2H3,(H,20,22)/t14-/m0/s1. The van der Waals surface area contributed by atoms with E-state index in [1.165, 1.54) is 18.5 Å². The normalized spacial score (nSPS) is 12.4. The first-order valence-electron chi connectivity index (χ1n) is 7.02. The van der Waals surface area contributed by atoms with E-state index in [4.69, 9.17) is 11.6 Å². The second-order valence-corrected chi connectivity index (χ2v) is 5.82. The fourth-order valence-corrected chi connectivity index (χ4v) is 2.30. The highest BCUT2D eigenvalue weighted by atomic mass is 35.5. The van der Waals surface area contributed by atoms with Crippen molar-refractivity contribution in [2.75, 3.05) is 0 Å². The maximum Gasteiger partial charge on any atom is 0.224 e. The third-order valence-corrected chi connectivity index (χ3v) is 3.75. The lowest BCUT2D eigenvalue weighted by molar-refractivity contribution is -0.121. The van der Waals surface area contributed by atoms with Gasteiger partial charge in [0, 0.05) is 10.6 Å². The van der Waals surface area contributed by atoms with Crippen molar-refractivity contribution in [2.45, 2.75) is 32.9 Å². The highest BCUT2D eigenvalue weighted by Gasteiger charge is 2.19. The SMILES string of the molecule is CC(C)[C@H](Cn1cncn1)NC(=O)Cc1c(F)cccc1Cl. The first-order valence-corrected chi connectivity index (χ1v) is 7.40. The second-order valence-electron chi connectivity index (χ2n) is 5.41. The number of halogens is 2. The van der Waals surface area contributed by atoms with Crippen molar-refractivity contribution in [3.8, 4) is 0 Å². The van der Waals surface area contributed by atoms with Crippen LogP contribution in [-0.2, 0) is 17.8 Å². The zero-order chi connectivity index (χ0) is 16.1. The third kappa shape index (κ3) is 4.27. The summed E-state index contributed by atoms with van der Waals surface area (Å²) in [5.41, 5.74) is 0.213. The molecule has 0 fully saturated rings. The first kappa shape index (κ1) is 16.4. The van der Waals surface area contributed by atoms with Crippen LogP contribution >= 0.6 is 11.6 Å². The van der Waals surface area contributed by atoms with Crippen LogP contribution in [0.15, 0.2) is 30.9 Å². The number of carbonyl (C=O) groups excluding carboxylic acids is 1. The Labute approximate surface area is 133 Å². The summed E-state index contributed by atoms with van der Waals surface area (Å²) in [4.78, 5) is 16.1. The maximum atomic E-state index is 13.7. The molecule has 0 aliphatic heterocycles. The van der Waals surface area contributed by atoms with Gasteiger partial charge in [0.05, 0.1) is 19.0 Å². The molecule has 0 radical (unpaired) electrons. The molecule has 2 rings (SSSR count). The summed E-state index contributed by atoms with van der Waals surface area (Å²) in [7, 11) is 0. The molecule has 0 bridgehead atoms. The molecule has 0 aliphatic carbocycles. The number of amides is 1. The van der Waals surface area contributed by atoms with E-state index < -0.39 is 5.82 Å². The fourth-order valence-electron chi connectivity index (χ4n) is 2.07. The van der Waals surface area contributed by atoms with Gasteiger partial charge in [-0.05, 0) is 18.1 Å². The average molecular weight is 325 g/mol. The molecule has 1 N–H and O–H groups in total. The monoisotopic (exact) mass is 324 g/mol. The summed E-state index contributed by atoms with van der Waals surface area (Å²) in [6.07, 6.45) is 2.94. The number of nitrogens with one attached hydrogen (secondary N) is 1. The minimum Gasteiger partial charge on any atom is -0.351 e. The number of rotatable bonds is 6. The van der Waals surface area contributed by atoms with Crippen molar-refractivity contribution in [1.82, 2.24) is 20.1 Å². The van der Waals surface area contributed by atoms with Crippen LogP contribution in [0.25, 0.3) is 0 Å². The van der Waals surface area contributed by atoms with Crippen LogP contribution in [0.5, 0.6) is 0 Å². The molecule has 5 nitrogen and oxygen atoms in total. The molecule has 1 aromatic heterocycles. The average Bonchev–Trinajstić information content (AvgIpc) is 2.95. The van der Waals surface area contributed by atoms with Gasteiger partial charge in [-0.15, -0.1) is 0 Å². The van der Waals surface area contributed by atoms with Crippen molar-refractivity contribution in [3.05, 3.63) is 47.3 Å². The summed E-state index contributed by atoms with van der Waals surface area (Å²) >= 11 is 5.95. The van der Waals surface area contributed by atoms with Crippen LogP contribution in [-0.4, -0.2) is 26.7 Å². The van der Waals surface area contributed by atoms with Gasteiger partial charge in [-0.2, -0.15) is 5.10 Å². The van der Waals surface area contributed by atoms with Crippen LogP contribution in [0.3, 0.4) is 0 Å². The molecule has 2 aromatic rings. The topological polar surface area (TPSA) is 59.8 Å². The van der Waals surface area contributed by atoms with Crippen molar-refractivity contribution in [1.29, 1.82) is 0 Å². The largest absolute Gasteiger partial charge is 0.351 e. The highest BCUT2D eigenvalue weighted by Crippen LogP contribution is 2.19. The molecule has 1 aromatic carbocycles. The van der Waals surface area contributed by atoms with E-state index in [0.717, 1.165) is 0 Å². The highest BCUT2D eigenvalue weighted by molar-refractivity contribution is 6.31. The minimum atomic E-state index is -0.472. The van der Waals surface area contributed by atoms with Gasteiger partial charge in [-0.1, -0.05) is 31.5 Å². The van der Waals surface area contributed by atoms with Gasteiger partial charge >= 0.3 is 0 Å². The predicted octanol–water partition coefficient (Wildman–Crippen LogP) is 2.45. The van der Waals surface area contributed by atoms with Crippen molar-refractivity contribution < 1.29 is 9.18 Å². The van der Waals surface area contributed by atoms with E-state index >= 15 is 0 Å². The lowest BCUT2D eigenvalue weighted by Crippen LogP contribution is -2.42. The van der Waals surface area contributed by atoms with Crippen molar-refractivity contribution in [2.24, 2.45) is 5.92 Å². The van der Waals surface area contributed by atoms with Gasteiger partial charge in [0.25, 0.3) is 0 Å². The Hall–Kier alpha value is -1.95. The summed E-state index contributed by atoms with van der Waals surface area (Å²) < 4.78 is 15.4. The Morgan fingerprint density at radius 1 is 1.45 bits per heavy atom. The third-order valence-electron chi connectivity index (χ3n) is 3.40. The lowest BCUT2D eigenvalue weighted by Gasteiger charge is -2.22. The van der Waals surface area contributed by atoms with Gasteiger partial charge in [-0.3, -0.25) is 9.48 Å². The lowest BCUT2D eigenvalue weighted by atomic mass is 10.0. The van der Waals surface area contributed by atoms with Gasteiger partial charge < -0.3 is 5.32 Å². The van der Waals surface area contributed by atoms with E-state index in [9.17, 15) is 9.18 Å². The van der Waals surface area contributed by atoms with Crippen LogP contribution in [0.2, 0.25) is 5.02 Å². The van der Waals surface area contributed by atoms with Crippen LogP contribution < -0.4 is 5.32 Å². The Morgan fingerprint density at radius 3 is 2.82 bits per heavy atom. The molecular formula is C15H18ClFN4O. The number of nitrogens with zero attached hydrogens (tertiary/aromatic N) is 3. The van der Waals surface area contributed by atoms with E-state index in [2.05, 4.69) is 15.4 Å². The van der Waals surface area contributed by atoms with Crippen molar-refractivity contribution >= 4 is 17.5 Å². The Kier molecular flexibility index (Phi) is 5.49. The number of hydrogen-bond donors (Lipinski definition) is 1.